The van der Waals surface area contributed by atoms with E-state index in [0.29, 0.717) is 30.3 Å². The van der Waals surface area contributed by atoms with Gasteiger partial charge in [-0.1, -0.05) is 18.2 Å². The van der Waals surface area contributed by atoms with Gasteiger partial charge in [0, 0.05) is 5.56 Å². The van der Waals surface area contributed by atoms with Gasteiger partial charge in [0.1, 0.15) is 13.2 Å². The molecule has 7 heteroatoms. The van der Waals surface area contributed by atoms with E-state index in [0.717, 1.165) is 10.8 Å². The summed E-state index contributed by atoms with van der Waals surface area (Å²) in [7, 11) is 0. The SMILES string of the molecule is O=C(CSc1nc[nH][n+]1-c1ccccc1)c1ccc2c(c1)OCCO2. The summed E-state index contributed by atoms with van der Waals surface area (Å²) in [5.41, 5.74) is 1.58. The predicted molar refractivity (Wildman–Crippen MR) is 92.6 cm³/mol. The molecule has 126 valence electrons. The number of H-pyrrole nitrogens is 1. The topological polar surface area (TPSA) is 68.1 Å². The number of ether oxygens (including phenoxy) is 2. The van der Waals surface area contributed by atoms with Crippen molar-refractivity contribution in [1.82, 2.24) is 10.1 Å². The van der Waals surface area contributed by atoms with Gasteiger partial charge in [0.25, 0.3) is 0 Å². The van der Waals surface area contributed by atoms with Crippen LogP contribution in [0.15, 0.2) is 60.0 Å². The highest BCUT2D eigenvalue weighted by Crippen LogP contribution is 2.31. The van der Waals surface area contributed by atoms with E-state index in [-0.39, 0.29) is 11.5 Å². The molecule has 0 saturated carbocycles. The Bertz CT molecular complexity index is 896. The van der Waals surface area contributed by atoms with Crippen molar-refractivity contribution in [1.29, 1.82) is 0 Å². The van der Waals surface area contributed by atoms with Crippen LogP contribution in [0.4, 0.5) is 0 Å². The second-order valence-corrected chi connectivity index (χ2v) is 6.35. The number of thioether (sulfide) groups is 1. The molecule has 1 aromatic heterocycles. The third-order valence-corrected chi connectivity index (χ3v) is 4.72. The average Bonchev–Trinajstić information content (AvgIpc) is 3.15. The lowest BCUT2D eigenvalue weighted by Crippen LogP contribution is -2.34. The van der Waals surface area contributed by atoms with E-state index in [2.05, 4.69) is 10.1 Å². The van der Waals surface area contributed by atoms with E-state index in [1.165, 1.54) is 11.8 Å². The monoisotopic (exact) mass is 354 g/mol. The van der Waals surface area contributed by atoms with Gasteiger partial charge in [-0.3, -0.25) is 4.79 Å². The summed E-state index contributed by atoms with van der Waals surface area (Å²) in [6.07, 6.45) is 1.61. The molecule has 0 atom stereocenters. The zero-order valence-corrected chi connectivity index (χ0v) is 14.2. The quantitative estimate of drug-likeness (QED) is 0.433. The number of Topliss-reactive ketones (excluding diaryl/α,β-unsaturated/α-hetero) is 1. The Kier molecular flexibility index (Phi) is 4.39. The number of rotatable bonds is 5. The number of aromatic amines is 1. The molecule has 2 heterocycles. The molecular formula is C18H16N3O3S+. The van der Waals surface area contributed by atoms with Crippen molar-refractivity contribution in [3.05, 3.63) is 60.4 Å². The minimum atomic E-state index is 0.0181. The van der Waals surface area contributed by atoms with Crippen molar-refractivity contribution in [2.45, 2.75) is 5.16 Å². The Balaban J connectivity index is 1.47. The molecule has 0 saturated heterocycles. The fraction of sp³-hybridized carbons (Fsp3) is 0.167. The molecule has 0 spiro atoms. The number of carbonyl (C=O) groups is 1. The van der Waals surface area contributed by atoms with Gasteiger partial charge in [-0.2, -0.15) is 5.10 Å². The molecule has 0 bridgehead atoms. The number of nitrogens with one attached hydrogen (secondary N) is 1. The highest BCUT2D eigenvalue weighted by molar-refractivity contribution is 7.99. The number of para-hydroxylation sites is 1. The van der Waals surface area contributed by atoms with E-state index in [1.807, 2.05) is 35.0 Å². The third-order valence-electron chi connectivity index (χ3n) is 3.76. The number of carbonyl (C=O) groups excluding carboxylic acids is 1. The van der Waals surface area contributed by atoms with Crippen LogP contribution >= 0.6 is 11.8 Å². The summed E-state index contributed by atoms with van der Waals surface area (Å²) in [6, 6.07) is 15.1. The van der Waals surface area contributed by atoms with Crippen LogP contribution in [0.1, 0.15) is 10.4 Å². The number of benzene rings is 2. The van der Waals surface area contributed by atoms with Crippen LogP contribution < -0.4 is 14.2 Å². The standard InChI is InChI=1S/C18H15N3O3S/c22-15(13-6-7-16-17(10-13)24-9-8-23-16)11-25-18-19-12-20-21(18)14-4-2-1-3-5-14/h1-7,10,12H,8-9,11H2/p+1. The van der Waals surface area contributed by atoms with Crippen LogP contribution in [-0.4, -0.2) is 34.8 Å². The Labute approximate surface area is 148 Å². The maximum atomic E-state index is 12.5. The molecule has 1 aliphatic heterocycles. The van der Waals surface area contributed by atoms with E-state index >= 15 is 0 Å². The fourth-order valence-corrected chi connectivity index (χ4v) is 3.39. The normalized spacial score (nSPS) is 12.8. The Morgan fingerprint density at radius 1 is 1.12 bits per heavy atom. The highest BCUT2D eigenvalue weighted by atomic mass is 32.2. The summed E-state index contributed by atoms with van der Waals surface area (Å²) in [6.45, 7) is 1.04. The van der Waals surface area contributed by atoms with E-state index in [1.54, 1.807) is 24.5 Å². The van der Waals surface area contributed by atoms with Gasteiger partial charge in [0.2, 0.25) is 6.33 Å². The van der Waals surface area contributed by atoms with Crippen molar-refractivity contribution in [2.75, 3.05) is 19.0 Å². The molecule has 6 nitrogen and oxygen atoms in total. The second kappa shape index (κ2) is 6.98. The smallest absolute Gasteiger partial charge is 0.385 e. The van der Waals surface area contributed by atoms with Crippen LogP contribution in [0.3, 0.4) is 0 Å². The molecule has 0 fully saturated rings. The number of nitrogens with zero attached hydrogens (tertiary/aromatic N) is 2. The highest BCUT2D eigenvalue weighted by Gasteiger charge is 2.20. The molecule has 25 heavy (non-hydrogen) atoms. The van der Waals surface area contributed by atoms with E-state index in [9.17, 15) is 4.79 Å². The Morgan fingerprint density at radius 2 is 1.92 bits per heavy atom. The first-order chi connectivity index (χ1) is 12.3. The van der Waals surface area contributed by atoms with Crippen molar-refractivity contribution in [2.24, 2.45) is 0 Å². The lowest BCUT2D eigenvalue weighted by molar-refractivity contribution is -0.694. The lowest BCUT2D eigenvalue weighted by atomic mass is 10.1. The summed E-state index contributed by atoms with van der Waals surface area (Å²) in [4.78, 5) is 16.8. The van der Waals surface area contributed by atoms with Crippen molar-refractivity contribution in [3.8, 4) is 17.2 Å². The molecule has 0 amide bonds. The summed E-state index contributed by atoms with van der Waals surface area (Å²) < 4.78 is 12.9. The molecular weight excluding hydrogens is 338 g/mol. The first kappa shape index (κ1) is 15.7. The van der Waals surface area contributed by atoms with Crippen LogP contribution in [0, 0.1) is 0 Å². The second-order valence-electron chi connectivity index (χ2n) is 5.41. The molecule has 1 N–H and O–H groups in total. The van der Waals surface area contributed by atoms with Crippen molar-refractivity contribution >= 4 is 17.5 Å². The zero-order chi connectivity index (χ0) is 17.1. The summed E-state index contributed by atoms with van der Waals surface area (Å²) >= 11 is 1.39. The molecule has 0 aliphatic carbocycles. The molecule has 0 unspecified atom stereocenters. The van der Waals surface area contributed by atoms with Gasteiger partial charge in [-0.05, 0) is 47.1 Å². The number of aromatic nitrogens is 3. The van der Waals surface area contributed by atoms with Gasteiger partial charge in [0.15, 0.2) is 23.0 Å². The first-order valence-corrected chi connectivity index (χ1v) is 8.86. The predicted octanol–water partition coefficient (Wildman–Crippen LogP) is 2.43. The zero-order valence-electron chi connectivity index (χ0n) is 13.3. The van der Waals surface area contributed by atoms with Crippen molar-refractivity contribution < 1.29 is 19.0 Å². The maximum Gasteiger partial charge on any atom is 0.385 e. The molecule has 4 rings (SSSR count). The van der Waals surface area contributed by atoms with Crippen LogP contribution in [-0.2, 0) is 0 Å². The fourth-order valence-electron chi connectivity index (χ4n) is 2.55. The van der Waals surface area contributed by atoms with Crippen LogP contribution in [0.5, 0.6) is 11.5 Å². The molecule has 2 aromatic carbocycles. The van der Waals surface area contributed by atoms with Crippen LogP contribution in [0.2, 0.25) is 0 Å². The van der Waals surface area contributed by atoms with Gasteiger partial charge >= 0.3 is 5.16 Å². The minimum absolute atomic E-state index is 0.0181. The number of hydrogen-bond donors (Lipinski definition) is 1. The third kappa shape index (κ3) is 3.36. The van der Waals surface area contributed by atoms with Gasteiger partial charge < -0.3 is 9.47 Å². The van der Waals surface area contributed by atoms with Gasteiger partial charge in [-0.25, -0.2) is 0 Å². The van der Waals surface area contributed by atoms with Gasteiger partial charge in [0.05, 0.1) is 5.75 Å². The van der Waals surface area contributed by atoms with Gasteiger partial charge in [-0.15, -0.1) is 4.68 Å². The number of ketones is 1. The lowest BCUT2D eigenvalue weighted by Gasteiger charge is -2.18. The molecule has 0 radical (unpaired) electrons. The Hall–Kier alpha value is -2.80. The minimum Gasteiger partial charge on any atom is -0.486 e. The first-order valence-electron chi connectivity index (χ1n) is 7.88. The maximum absolute atomic E-state index is 12.5. The van der Waals surface area contributed by atoms with Crippen molar-refractivity contribution in [3.63, 3.8) is 0 Å². The average molecular weight is 354 g/mol. The molecule has 3 aromatic rings. The van der Waals surface area contributed by atoms with E-state index < -0.39 is 0 Å². The Morgan fingerprint density at radius 3 is 2.76 bits per heavy atom. The van der Waals surface area contributed by atoms with E-state index in [4.69, 9.17) is 9.47 Å². The summed E-state index contributed by atoms with van der Waals surface area (Å²) in [5.74, 6) is 1.62. The largest absolute Gasteiger partial charge is 0.486 e. The number of hydrogen-bond acceptors (Lipinski definition) is 5. The van der Waals surface area contributed by atoms with Crippen LogP contribution in [0.25, 0.3) is 5.69 Å². The number of fused-ring (bicyclic) bond motifs is 1. The summed E-state index contributed by atoms with van der Waals surface area (Å²) in [5, 5.41) is 3.80. The molecule has 1 aliphatic rings.